The predicted molar refractivity (Wildman–Crippen MR) is 50.0 cm³/mol. The van der Waals surface area contributed by atoms with Crippen molar-refractivity contribution in [3.63, 3.8) is 0 Å². The van der Waals surface area contributed by atoms with Crippen molar-refractivity contribution < 1.29 is 5.32 Å². The van der Waals surface area contributed by atoms with Gasteiger partial charge < -0.3 is 5.32 Å². The first-order chi connectivity index (χ1) is 5.33. The summed E-state index contributed by atoms with van der Waals surface area (Å²) in [4.78, 5) is 0. The number of nitrogens with two attached hydrogens (primary N) is 1. The fourth-order valence-corrected chi connectivity index (χ4v) is 1.18. The summed E-state index contributed by atoms with van der Waals surface area (Å²) >= 11 is 3.39. The molecule has 1 aromatic rings. The molecule has 2 heteroatoms. The molecule has 0 spiro atoms. The molecule has 60 valence electrons. The molecular formula is C9H12BrN. The minimum atomic E-state index is 1.06. The van der Waals surface area contributed by atoms with E-state index in [0.717, 1.165) is 17.4 Å². The molecular weight excluding hydrogens is 202 g/mol. The Morgan fingerprint density at radius 2 is 1.91 bits per heavy atom. The summed E-state index contributed by atoms with van der Waals surface area (Å²) in [6.07, 6.45) is 1.09. The van der Waals surface area contributed by atoms with Gasteiger partial charge in [0.2, 0.25) is 0 Å². The molecule has 0 atom stereocenters. The van der Waals surface area contributed by atoms with Crippen molar-refractivity contribution in [2.24, 2.45) is 0 Å². The lowest BCUT2D eigenvalue weighted by atomic mass is 10.1. The van der Waals surface area contributed by atoms with Crippen molar-refractivity contribution in [3.8, 4) is 0 Å². The van der Waals surface area contributed by atoms with Gasteiger partial charge in [0.05, 0.1) is 6.54 Å². The van der Waals surface area contributed by atoms with Crippen LogP contribution in [0.1, 0.15) is 5.56 Å². The normalized spacial score (nSPS) is 10.0. The second-order valence-corrected chi connectivity index (χ2v) is 3.37. The topological polar surface area (TPSA) is 16.6 Å². The predicted octanol–water partition coefficient (Wildman–Crippen LogP) is 1.35. The van der Waals surface area contributed by atoms with Gasteiger partial charge in [-0.3, -0.25) is 0 Å². The van der Waals surface area contributed by atoms with Crippen LogP contribution >= 0.6 is 15.9 Å². The maximum absolute atomic E-state index is 3.68. The molecule has 1 aromatic carbocycles. The molecule has 2 N–H and O–H groups in total. The fourth-order valence-electron chi connectivity index (χ4n) is 0.920. The van der Waals surface area contributed by atoms with Gasteiger partial charge in [-0.25, -0.2) is 0 Å². The van der Waals surface area contributed by atoms with Gasteiger partial charge in [0.25, 0.3) is 0 Å². The van der Waals surface area contributed by atoms with E-state index in [0.29, 0.717) is 0 Å². The zero-order chi connectivity index (χ0) is 8.10. The zero-order valence-corrected chi connectivity index (χ0v) is 7.97. The lowest BCUT2D eigenvalue weighted by molar-refractivity contribution is -0.594. The molecule has 0 aliphatic carbocycles. The van der Waals surface area contributed by atoms with Crippen LogP contribution in [0.15, 0.2) is 28.7 Å². The minimum absolute atomic E-state index is 1.06. The summed E-state index contributed by atoms with van der Waals surface area (Å²) in [7, 11) is 3.68. The largest absolute Gasteiger partial charge is 0.479 e. The Balaban J connectivity index is 2.52. The molecule has 0 aliphatic heterocycles. The fraction of sp³-hybridized carbons (Fsp3) is 0.222. The third kappa shape index (κ3) is 3.04. The highest BCUT2D eigenvalue weighted by molar-refractivity contribution is 9.10. The van der Waals surface area contributed by atoms with E-state index in [4.69, 9.17) is 0 Å². The summed E-state index contributed by atoms with van der Waals surface area (Å²) in [6, 6.07) is 8.40. The minimum Gasteiger partial charge on any atom is -0.479 e. The summed E-state index contributed by atoms with van der Waals surface area (Å²) in [5.41, 5.74) is 1.37. The molecule has 0 fully saturated rings. The average Bonchev–Trinajstić information content (AvgIpc) is 2.04. The van der Waals surface area contributed by atoms with Crippen molar-refractivity contribution in [1.82, 2.24) is 0 Å². The van der Waals surface area contributed by atoms with E-state index in [1.165, 1.54) is 5.56 Å². The van der Waals surface area contributed by atoms with Gasteiger partial charge in [-0.2, -0.15) is 7.05 Å². The standard InChI is InChI=1S/C9H12BrN/c1-11-7-6-8-2-4-9(10)5-3-8/h2-5H,1,6-7,11H2. The molecule has 0 unspecified atom stereocenters. The Labute approximate surface area is 75.9 Å². The van der Waals surface area contributed by atoms with E-state index in [9.17, 15) is 0 Å². The van der Waals surface area contributed by atoms with E-state index in [2.05, 4.69) is 47.2 Å². The Hall–Kier alpha value is -0.340. The van der Waals surface area contributed by atoms with Crippen LogP contribution in [0.3, 0.4) is 0 Å². The van der Waals surface area contributed by atoms with Crippen molar-refractivity contribution >= 4 is 15.9 Å². The number of quaternary nitrogens is 1. The summed E-state index contributed by atoms with van der Waals surface area (Å²) in [5, 5.41) is 1.95. The van der Waals surface area contributed by atoms with E-state index in [1.807, 2.05) is 5.32 Å². The average molecular weight is 214 g/mol. The highest BCUT2D eigenvalue weighted by Gasteiger charge is 1.91. The third-order valence-corrected chi connectivity index (χ3v) is 2.08. The SMILES string of the molecule is [CH2-][NH2+]CCc1ccc(Br)cc1. The van der Waals surface area contributed by atoms with Crippen LogP contribution in [0.2, 0.25) is 0 Å². The molecule has 1 rings (SSSR count). The van der Waals surface area contributed by atoms with Gasteiger partial charge in [-0.15, -0.1) is 0 Å². The Kier molecular flexibility index (Phi) is 3.60. The summed E-state index contributed by atoms with van der Waals surface area (Å²) in [6.45, 7) is 1.06. The van der Waals surface area contributed by atoms with Gasteiger partial charge in [0.1, 0.15) is 0 Å². The van der Waals surface area contributed by atoms with Crippen LogP contribution in [0.5, 0.6) is 0 Å². The highest BCUT2D eigenvalue weighted by Crippen LogP contribution is 2.10. The van der Waals surface area contributed by atoms with Crippen LogP contribution in [-0.2, 0) is 6.42 Å². The lowest BCUT2D eigenvalue weighted by Gasteiger charge is -2.00. The molecule has 0 saturated carbocycles. The molecule has 0 heterocycles. The number of benzene rings is 1. The van der Waals surface area contributed by atoms with E-state index in [1.54, 1.807) is 0 Å². The number of hydrogen-bond donors (Lipinski definition) is 1. The number of halogens is 1. The van der Waals surface area contributed by atoms with Crippen molar-refractivity contribution in [1.29, 1.82) is 0 Å². The molecule has 0 bridgehead atoms. The lowest BCUT2D eigenvalue weighted by Crippen LogP contribution is -2.77. The molecule has 0 amide bonds. The summed E-state index contributed by atoms with van der Waals surface area (Å²) in [5.74, 6) is 0. The van der Waals surface area contributed by atoms with Crippen LogP contribution < -0.4 is 5.32 Å². The quantitative estimate of drug-likeness (QED) is 0.731. The van der Waals surface area contributed by atoms with Gasteiger partial charge in [-0.05, 0) is 17.7 Å². The van der Waals surface area contributed by atoms with Gasteiger partial charge in [-0.1, -0.05) is 28.1 Å². The van der Waals surface area contributed by atoms with Crippen molar-refractivity contribution in [3.05, 3.63) is 41.3 Å². The zero-order valence-electron chi connectivity index (χ0n) is 6.39. The second kappa shape index (κ2) is 4.52. The first-order valence-electron chi connectivity index (χ1n) is 3.68. The first kappa shape index (κ1) is 8.75. The molecule has 0 radical (unpaired) electrons. The first-order valence-corrected chi connectivity index (χ1v) is 4.47. The molecule has 0 aromatic heterocycles. The van der Waals surface area contributed by atoms with Crippen LogP contribution in [0.4, 0.5) is 0 Å². The van der Waals surface area contributed by atoms with Crippen molar-refractivity contribution in [2.75, 3.05) is 6.54 Å². The van der Waals surface area contributed by atoms with E-state index >= 15 is 0 Å². The van der Waals surface area contributed by atoms with Gasteiger partial charge in [0.15, 0.2) is 0 Å². The van der Waals surface area contributed by atoms with E-state index in [-0.39, 0.29) is 0 Å². The molecule has 0 saturated heterocycles. The maximum atomic E-state index is 3.68. The Morgan fingerprint density at radius 3 is 2.45 bits per heavy atom. The van der Waals surface area contributed by atoms with Crippen LogP contribution in [0.25, 0.3) is 0 Å². The highest BCUT2D eigenvalue weighted by atomic mass is 79.9. The molecule has 1 nitrogen and oxygen atoms in total. The number of rotatable bonds is 3. The third-order valence-electron chi connectivity index (χ3n) is 1.55. The summed E-state index contributed by atoms with van der Waals surface area (Å²) < 4.78 is 1.14. The van der Waals surface area contributed by atoms with Gasteiger partial charge >= 0.3 is 0 Å². The maximum Gasteiger partial charge on any atom is 0.0556 e. The second-order valence-electron chi connectivity index (χ2n) is 2.45. The monoisotopic (exact) mass is 213 g/mol. The van der Waals surface area contributed by atoms with Gasteiger partial charge in [0, 0.05) is 10.9 Å². The number of hydrogen-bond acceptors (Lipinski definition) is 0. The molecule has 0 aliphatic rings. The van der Waals surface area contributed by atoms with E-state index < -0.39 is 0 Å². The van der Waals surface area contributed by atoms with Crippen LogP contribution in [0, 0.1) is 7.05 Å². The smallest absolute Gasteiger partial charge is 0.0556 e. The van der Waals surface area contributed by atoms with Crippen LogP contribution in [-0.4, -0.2) is 6.54 Å². The Morgan fingerprint density at radius 1 is 1.27 bits per heavy atom. The Bertz CT molecular complexity index is 205. The van der Waals surface area contributed by atoms with Crippen molar-refractivity contribution in [2.45, 2.75) is 6.42 Å². The molecule has 11 heavy (non-hydrogen) atoms.